The van der Waals surface area contributed by atoms with Crippen LogP contribution in [-0.2, 0) is 4.79 Å². The number of nitrogens with zero attached hydrogens (tertiary/aromatic N) is 2. The third-order valence-electron chi connectivity index (χ3n) is 6.72. The van der Waals surface area contributed by atoms with Gasteiger partial charge in [-0.3, -0.25) is 14.6 Å². The van der Waals surface area contributed by atoms with E-state index in [1.807, 2.05) is 0 Å². The summed E-state index contributed by atoms with van der Waals surface area (Å²) in [6, 6.07) is 0. The number of nitrogens with two attached hydrogens (primary N) is 1. The molecule has 5 rings (SSSR count). The molecule has 3 N–H and O–H groups in total. The van der Waals surface area contributed by atoms with E-state index in [0.29, 0.717) is 6.54 Å². The van der Waals surface area contributed by atoms with Crippen molar-refractivity contribution in [2.75, 3.05) is 45.8 Å². The Balaban J connectivity index is 1.28. The first-order valence-corrected chi connectivity index (χ1v) is 9.60. The number of carbonyl (C=O) groups is 1. The Morgan fingerprint density at radius 1 is 0.957 bits per heavy atom. The fourth-order valence-corrected chi connectivity index (χ4v) is 6.16. The molecule has 1 aliphatic heterocycles. The number of piperazine rings is 1. The SMILES string of the molecule is NCCN1CCN(CC(=O)NC23CC4CC(CC(C4)C2)C3)CC1. The quantitative estimate of drug-likeness (QED) is 0.781. The number of hydrogen-bond acceptors (Lipinski definition) is 4. The minimum absolute atomic E-state index is 0.160. The smallest absolute Gasteiger partial charge is 0.234 e. The molecule has 1 saturated heterocycles. The van der Waals surface area contributed by atoms with Crippen LogP contribution in [0, 0.1) is 17.8 Å². The second-order valence-electron chi connectivity index (χ2n) is 8.65. The molecular formula is C18H32N4O. The van der Waals surface area contributed by atoms with E-state index >= 15 is 0 Å². The molecule has 1 amide bonds. The van der Waals surface area contributed by atoms with Crippen molar-refractivity contribution in [1.29, 1.82) is 0 Å². The van der Waals surface area contributed by atoms with Crippen LogP contribution in [0.2, 0.25) is 0 Å². The summed E-state index contributed by atoms with van der Waals surface area (Å²) >= 11 is 0. The lowest BCUT2D eigenvalue weighted by atomic mass is 9.53. The van der Waals surface area contributed by atoms with E-state index in [9.17, 15) is 4.79 Å². The van der Waals surface area contributed by atoms with Crippen molar-refractivity contribution in [1.82, 2.24) is 15.1 Å². The van der Waals surface area contributed by atoms with Gasteiger partial charge in [-0.05, 0) is 56.3 Å². The van der Waals surface area contributed by atoms with Crippen molar-refractivity contribution < 1.29 is 4.79 Å². The zero-order valence-corrected chi connectivity index (χ0v) is 14.3. The first kappa shape index (κ1) is 15.9. The zero-order valence-electron chi connectivity index (χ0n) is 14.3. The zero-order chi connectivity index (χ0) is 15.9. The molecule has 0 atom stereocenters. The molecular weight excluding hydrogens is 288 g/mol. The summed E-state index contributed by atoms with van der Waals surface area (Å²) in [6.07, 6.45) is 8.02. The van der Waals surface area contributed by atoms with Crippen molar-refractivity contribution in [3.05, 3.63) is 0 Å². The van der Waals surface area contributed by atoms with E-state index in [-0.39, 0.29) is 11.4 Å². The molecule has 5 nitrogen and oxygen atoms in total. The minimum Gasteiger partial charge on any atom is -0.350 e. The maximum absolute atomic E-state index is 12.6. The molecule has 0 spiro atoms. The highest BCUT2D eigenvalue weighted by molar-refractivity contribution is 5.79. The largest absolute Gasteiger partial charge is 0.350 e. The van der Waals surface area contributed by atoms with E-state index in [1.165, 1.54) is 38.5 Å². The summed E-state index contributed by atoms with van der Waals surface area (Å²) in [5.41, 5.74) is 5.78. The third kappa shape index (κ3) is 3.42. The number of hydrogen-bond donors (Lipinski definition) is 2. The molecule has 5 heteroatoms. The number of nitrogens with one attached hydrogen (secondary N) is 1. The van der Waals surface area contributed by atoms with Crippen molar-refractivity contribution in [3.63, 3.8) is 0 Å². The van der Waals surface area contributed by atoms with E-state index in [1.54, 1.807) is 0 Å². The van der Waals surface area contributed by atoms with Gasteiger partial charge >= 0.3 is 0 Å². The second-order valence-corrected chi connectivity index (χ2v) is 8.65. The summed E-state index contributed by atoms with van der Waals surface area (Å²) < 4.78 is 0. The molecule has 0 aromatic carbocycles. The van der Waals surface area contributed by atoms with Crippen LogP contribution in [0.1, 0.15) is 38.5 Å². The number of carbonyl (C=O) groups excluding carboxylic acids is 1. The fraction of sp³-hybridized carbons (Fsp3) is 0.944. The van der Waals surface area contributed by atoms with Gasteiger partial charge in [-0.2, -0.15) is 0 Å². The molecule has 0 aromatic heterocycles. The molecule has 5 fully saturated rings. The van der Waals surface area contributed by atoms with Gasteiger partial charge in [-0.1, -0.05) is 0 Å². The topological polar surface area (TPSA) is 61.6 Å². The number of amides is 1. The van der Waals surface area contributed by atoms with Gasteiger partial charge in [0.05, 0.1) is 6.54 Å². The third-order valence-corrected chi connectivity index (χ3v) is 6.72. The van der Waals surface area contributed by atoms with Crippen molar-refractivity contribution >= 4 is 5.91 Å². The molecule has 0 unspecified atom stereocenters. The molecule has 1 heterocycles. The van der Waals surface area contributed by atoms with Crippen LogP contribution in [0.3, 0.4) is 0 Å². The van der Waals surface area contributed by atoms with Gasteiger partial charge in [0.1, 0.15) is 0 Å². The van der Waals surface area contributed by atoms with Crippen LogP contribution in [-0.4, -0.2) is 67.1 Å². The lowest BCUT2D eigenvalue weighted by molar-refractivity contribution is -0.128. The summed E-state index contributed by atoms with van der Waals surface area (Å²) in [6.45, 7) is 6.37. The summed E-state index contributed by atoms with van der Waals surface area (Å²) in [7, 11) is 0. The van der Waals surface area contributed by atoms with Crippen LogP contribution in [0.25, 0.3) is 0 Å². The molecule has 23 heavy (non-hydrogen) atoms. The Morgan fingerprint density at radius 3 is 2.00 bits per heavy atom. The minimum atomic E-state index is 0.160. The summed E-state index contributed by atoms with van der Waals surface area (Å²) in [4.78, 5) is 17.3. The van der Waals surface area contributed by atoms with Gasteiger partial charge < -0.3 is 11.1 Å². The van der Waals surface area contributed by atoms with Crippen molar-refractivity contribution in [3.8, 4) is 0 Å². The van der Waals surface area contributed by atoms with E-state index in [4.69, 9.17) is 5.73 Å². The average molecular weight is 320 g/mol. The fourth-order valence-electron chi connectivity index (χ4n) is 6.16. The molecule has 5 aliphatic rings. The van der Waals surface area contributed by atoms with Crippen molar-refractivity contribution in [2.45, 2.75) is 44.1 Å². The highest BCUT2D eigenvalue weighted by atomic mass is 16.2. The molecule has 4 aliphatic carbocycles. The van der Waals surface area contributed by atoms with Crippen LogP contribution >= 0.6 is 0 Å². The van der Waals surface area contributed by atoms with Crippen LogP contribution < -0.4 is 11.1 Å². The van der Waals surface area contributed by atoms with Crippen molar-refractivity contribution in [2.24, 2.45) is 23.5 Å². The summed E-state index contributed by atoms with van der Waals surface area (Å²) in [5.74, 6) is 2.93. The Morgan fingerprint density at radius 2 is 1.48 bits per heavy atom. The van der Waals surface area contributed by atoms with Gasteiger partial charge in [-0.15, -0.1) is 0 Å². The molecule has 0 aromatic rings. The van der Waals surface area contributed by atoms with E-state index < -0.39 is 0 Å². The maximum Gasteiger partial charge on any atom is 0.234 e. The predicted molar refractivity (Wildman–Crippen MR) is 91.0 cm³/mol. The first-order valence-electron chi connectivity index (χ1n) is 9.60. The van der Waals surface area contributed by atoms with Gasteiger partial charge in [0.15, 0.2) is 0 Å². The standard InChI is InChI=1S/C18H32N4O/c19-1-2-21-3-5-22(6-4-21)13-17(23)20-18-10-14-7-15(11-18)9-16(8-14)12-18/h14-16H,1-13,19H2,(H,20,23). The van der Waals surface area contributed by atoms with Crippen LogP contribution in [0.15, 0.2) is 0 Å². The van der Waals surface area contributed by atoms with Gasteiger partial charge in [-0.25, -0.2) is 0 Å². The Bertz CT molecular complexity index is 409. The normalized spacial score (nSPS) is 40.5. The first-order chi connectivity index (χ1) is 11.1. The Kier molecular flexibility index (Phi) is 4.37. The molecule has 130 valence electrons. The highest BCUT2D eigenvalue weighted by Crippen LogP contribution is 2.55. The Hall–Kier alpha value is -0.650. The lowest BCUT2D eigenvalue weighted by Crippen LogP contribution is -2.61. The van der Waals surface area contributed by atoms with E-state index in [2.05, 4.69) is 15.1 Å². The average Bonchev–Trinajstić information content (AvgIpc) is 2.47. The second kappa shape index (κ2) is 6.34. The monoisotopic (exact) mass is 320 g/mol. The molecule has 4 bridgehead atoms. The van der Waals surface area contributed by atoms with Crippen LogP contribution in [0.4, 0.5) is 0 Å². The van der Waals surface area contributed by atoms with E-state index in [0.717, 1.165) is 57.0 Å². The number of rotatable bonds is 5. The summed E-state index contributed by atoms with van der Waals surface area (Å²) in [5, 5.41) is 3.49. The molecule has 0 radical (unpaired) electrons. The van der Waals surface area contributed by atoms with Gasteiger partial charge in [0.25, 0.3) is 0 Å². The maximum atomic E-state index is 12.6. The predicted octanol–water partition coefficient (Wildman–Crippen LogP) is 0.648. The lowest BCUT2D eigenvalue weighted by Gasteiger charge is -2.57. The Labute approximate surface area is 139 Å². The van der Waals surface area contributed by atoms with Crippen LogP contribution in [0.5, 0.6) is 0 Å². The van der Waals surface area contributed by atoms with Gasteiger partial charge in [0, 0.05) is 44.8 Å². The van der Waals surface area contributed by atoms with Gasteiger partial charge in [0.2, 0.25) is 5.91 Å². The molecule has 4 saturated carbocycles. The highest BCUT2D eigenvalue weighted by Gasteiger charge is 2.51.